The highest BCUT2D eigenvalue weighted by atomic mass is 14.8. The molecule has 2 fully saturated rings. The smallest absolute Gasteiger partial charge is 0.00435 e. The molecule has 0 bridgehead atoms. The lowest BCUT2D eigenvalue weighted by molar-refractivity contribution is 0.0203. The zero-order chi connectivity index (χ0) is 9.86. The van der Waals surface area contributed by atoms with Crippen LogP contribution < -0.4 is 5.32 Å². The Morgan fingerprint density at radius 2 is 1.79 bits per heavy atom. The molecule has 14 heavy (non-hydrogen) atoms. The third-order valence-electron chi connectivity index (χ3n) is 4.70. The third-order valence-corrected chi connectivity index (χ3v) is 4.70. The second-order valence-corrected chi connectivity index (χ2v) is 5.47. The van der Waals surface area contributed by atoms with Crippen molar-refractivity contribution in [1.82, 2.24) is 5.32 Å². The quantitative estimate of drug-likeness (QED) is 0.625. The van der Waals surface area contributed by atoms with Gasteiger partial charge in [-0.1, -0.05) is 26.2 Å². The number of hydrogen-bond acceptors (Lipinski definition) is 1. The third kappa shape index (κ3) is 2.13. The predicted molar refractivity (Wildman–Crippen MR) is 61.4 cm³/mol. The lowest BCUT2D eigenvalue weighted by atomic mass is 9.57. The molecule has 1 nitrogen and oxygen atoms in total. The molecule has 0 aromatic carbocycles. The Bertz CT molecular complexity index is 166. The molecule has 2 aliphatic rings. The SMILES string of the molecule is CC1CCC12CCCCCCNCC2. The summed E-state index contributed by atoms with van der Waals surface area (Å²) in [4.78, 5) is 0. The van der Waals surface area contributed by atoms with Crippen molar-refractivity contribution in [3.05, 3.63) is 0 Å². The average molecular weight is 195 g/mol. The van der Waals surface area contributed by atoms with E-state index < -0.39 is 0 Å². The normalized spacial score (nSPS) is 40.5. The minimum Gasteiger partial charge on any atom is -0.317 e. The van der Waals surface area contributed by atoms with Crippen LogP contribution in [0.1, 0.15) is 58.3 Å². The molecule has 1 aliphatic heterocycles. The van der Waals surface area contributed by atoms with Crippen LogP contribution in [0.4, 0.5) is 0 Å². The minimum absolute atomic E-state index is 0.754. The van der Waals surface area contributed by atoms with Gasteiger partial charge in [-0.05, 0) is 56.5 Å². The molecule has 0 amide bonds. The van der Waals surface area contributed by atoms with E-state index in [2.05, 4.69) is 12.2 Å². The highest BCUT2D eigenvalue weighted by Crippen LogP contribution is 2.52. The summed E-state index contributed by atoms with van der Waals surface area (Å²) in [6.45, 7) is 4.99. The topological polar surface area (TPSA) is 12.0 Å². The largest absolute Gasteiger partial charge is 0.317 e. The summed E-state index contributed by atoms with van der Waals surface area (Å²) in [5.74, 6) is 1.00. The average Bonchev–Trinajstić information content (AvgIpc) is 2.23. The van der Waals surface area contributed by atoms with Gasteiger partial charge in [0, 0.05) is 0 Å². The number of hydrogen-bond donors (Lipinski definition) is 1. The maximum absolute atomic E-state index is 3.60. The molecule has 1 aliphatic carbocycles. The van der Waals surface area contributed by atoms with Crippen LogP contribution in [0.5, 0.6) is 0 Å². The molecule has 0 radical (unpaired) electrons. The lowest BCUT2D eigenvalue weighted by Crippen LogP contribution is -2.41. The molecule has 1 saturated heterocycles. The van der Waals surface area contributed by atoms with Crippen molar-refractivity contribution in [3.63, 3.8) is 0 Å². The summed E-state index contributed by atoms with van der Waals surface area (Å²) in [6.07, 6.45) is 11.7. The number of rotatable bonds is 0. The summed E-state index contributed by atoms with van der Waals surface area (Å²) in [5.41, 5.74) is 0.754. The van der Waals surface area contributed by atoms with Gasteiger partial charge in [0.05, 0.1) is 0 Å². The highest BCUT2D eigenvalue weighted by Gasteiger charge is 2.42. The monoisotopic (exact) mass is 195 g/mol. The standard InChI is InChI=1S/C13H25N/c1-12-6-8-13(12)7-4-2-3-5-10-14-11-9-13/h12,14H,2-11H2,1H3. The van der Waals surface area contributed by atoms with Crippen molar-refractivity contribution in [2.45, 2.75) is 58.3 Å². The van der Waals surface area contributed by atoms with Gasteiger partial charge < -0.3 is 5.32 Å². The van der Waals surface area contributed by atoms with Crippen LogP contribution in [0.3, 0.4) is 0 Å². The van der Waals surface area contributed by atoms with Crippen LogP contribution in [0.2, 0.25) is 0 Å². The molecule has 1 N–H and O–H groups in total. The molecule has 82 valence electrons. The summed E-state index contributed by atoms with van der Waals surface area (Å²) >= 11 is 0. The van der Waals surface area contributed by atoms with E-state index >= 15 is 0 Å². The van der Waals surface area contributed by atoms with Crippen LogP contribution in [0.15, 0.2) is 0 Å². The van der Waals surface area contributed by atoms with Crippen molar-refractivity contribution in [1.29, 1.82) is 0 Å². The van der Waals surface area contributed by atoms with Gasteiger partial charge >= 0.3 is 0 Å². The van der Waals surface area contributed by atoms with E-state index in [0.717, 1.165) is 11.3 Å². The summed E-state index contributed by atoms with van der Waals surface area (Å²) in [7, 11) is 0. The van der Waals surface area contributed by atoms with Gasteiger partial charge in [0.25, 0.3) is 0 Å². The summed E-state index contributed by atoms with van der Waals surface area (Å²) in [6, 6.07) is 0. The fraction of sp³-hybridized carbons (Fsp3) is 1.00. The van der Waals surface area contributed by atoms with Crippen LogP contribution in [0, 0.1) is 11.3 Å². The zero-order valence-corrected chi connectivity index (χ0v) is 9.65. The second-order valence-electron chi connectivity index (χ2n) is 5.47. The van der Waals surface area contributed by atoms with E-state index in [4.69, 9.17) is 0 Å². The fourth-order valence-corrected chi connectivity index (χ4v) is 3.25. The first-order chi connectivity index (χ1) is 6.83. The van der Waals surface area contributed by atoms with Gasteiger partial charge in [0.2, 0.25) is 0 Å². The van der Waals surface area contributed by atoms with Gasteiger partial charge in [-0.15, -0.1) is 0 Å². The van der Waals surface area contributed by atoms with Crippen LogP contribution in [0.25, 0.3) is 0 Å². The van der Waals surface area contributed by atoms with Crippen molar-refractivity contribution in [2.24, 2.45) is 11.3 Å². The van der Waals surface area contributed by atoms with Crippen molar-refractivity contribution in [3.8, 4) is 0 Å². The predicted octanol–water partition coefficient (Wildman–Crippen LogP) is 3.35. The summed E-state index contributed by atoms with van der Waals surface area (Å²) < 4.78 is 0. The Morgan fingerprint density at radius 3 is 2.50 bits per heavy atom. The van der Waals surface area contributed by atoms with Gasteiger partial charge in [-0.2, -0.15) is 0 Å². The molecule has 2 unspecified atom stereocenters. The van der Waals surface area contributed by atoms with Gasteiger partial charge in [0.1, 0.15) is 0 Å². The van der Waals surface area contributed by atoms with Crippen molar-refractivity contribution in [2.75, 3.05) is 13.1 Å². The Morgan fingerprint density at radius 1 is 0.929 bits per heavy atom. The van der Waals surface area contributed by atoms with E-state index in [9.17, 15) is 0 Å². The van der Waals surface area contributed by atoms with Gasteiger partial charge in [0.15, 0.2) is 0 Å². The molecule has 1 spiro atoms. The molecule has 0 aromatic rings. The first kappa shape index (κ1) is 10.5. The van der Waals surface area contributed by atoms with Crippen LogP contribution in [-0.2, 0) is 0 Å². The van der Waals surface area contributed by atoms with E-state index in [1.807, 2.05) is 0 Å². The fourth-order valence-electron chi connectivity index (χ4n) is 3.25. The first-order valence-electron chi connectivity index (χ1n) is 6.54. The van der Waals surface area contributed by atoms with E-state index in [-0.39, 0.29) is 0 Å². The molecule has 2 rings (SSSR count). The molecule has 0 aromatic heterocycles. The van der Waals surface area contributed by atoms with E-state index in [0.29, 0.717) is 0 Å². The number of nitrogens with one attached hydrogen (secondary N) is 1. The summed E-state index contributed by atoms with van der Waals surface area (Å²) in [5, 5.41) is 3.60. The second kappa shape index (κ2) is 4.65. The Hall–Kier alpha value is -0.0400. The zero-order valence-electron chi connectivity index (χ0n) is 9.65. The molecule has 1 heterocycles. The van der Waals surface area contributed by atoms with Crippen molar-refractivity contribution >= 4 is 0 Å². The highest BCUT2D eigenvalue weighted by molar-refractivity contribution is 4.93. The van der Waals surface area contributed by atoms with E-state index in [1.54, 1.807) is 0 Å². The van der Waals surface area contributed by atoms with Gasteiger partial charge in [-0.25, -0.2) is 0 Å². The Kier molecular flexibility index (Phi) is 3.48. The minimum atomic E-state index is 0.754. The van der Waals surface area contributed by atoms with Crippen LogP contribution >= 0.6 is 0 Å². The maximum atomic E-state index is 3.60. The van der Waals surface area contributed by atoms with E-state index in [1.165, 1.54) is 64.5 Å². The van der Waals surface area contributed by atoms with Crippen LogP contribution in [-0.4, -0.2) is 13.1 Å². The first-order valence-corrected chi connectivity index (χ1v) is 6.54. The molecular formula is C13H25N. The Labute approximate surface area is 88.7 Å². The Balaban J connectivity index is 1.87. The molecule has 2 atom stereocenters. The molecule has 1 saturated carbocycles. The lowest BCUT2D eigenvalue weighted by Gasteiger charge is -2.49. The van der Waals surface area contributed by atoms with Gasteiger partial charge in [-0.3, -0.25) is 0 Å². The molecule has 1 heteroatoms. The maximum Gasteiger partial charge on any atom is -0.00435 e. The molecular weight excluding hydrogens is 170 g/mol. The van der Waals surface area contributed by atoms with Crippen molar-refractivity contribution < 1.29 is 0 Å².